The Hall–Kier alpha value is -2.71. The molecule has 304 valence electrons. The fraction of sp³-hybridized carbons (Fsp3) is 0.739. The molecule has 8 nitrogen and oxygen atoms in total. The molecular formula is C46H66ClNO7. The molecule has 9 heteroatoms. The van der Waals surface area contributed by atoms with Gasteiger partial charge in [0.15, 0.2) is 5.78 Å². The molecule has 0 radical (unpaired) electrons. The number of allylic oxidation sites excluding steroid dienone is 1. The largest absolute Gasteiger partial charge is 0.481 e. The molecule has 5 aliphatic carbocycles. The summed E-state index contributed by atoms with van der Waals surface area (Å²) in [6, 6.07) is 7.77. The molecule has 5 aliphatic rings. The summed E-state index contributed by atoms with van der Waals surface area (Å²) in [6.07, 6.45) is 7.12. The van der Waals surface area contributed by atoms with Gasteiger partial charge in [0.1, 0.15) is 12.2 Å². The second-order valence-electron chi connectivity index (χ2n) is 20.4. The summed E-state index contributed by atoms with van der Waals surface area (Å²) < 4.78 is 12.5. The minimum atomic E-state index is -1.18. The quantitative estimate of drug-likeness (QED) is 0.213. The lowest BCUT2D eigenvalue weighted by atomic mass is 9.33. The van der Waals surface area contributed by atoms with Crippen molar-refractivity contribution in [1.82, 2.24) is 5.32 Å². The van der Waals surface area contributed by atoms with Gasteiger partial charge in [0, 0.05) is 42.3 Å². The van der Waals surface area contributed by atoms with E-state index in [1.165, 1.54) is 12.5 Å². The van der Waals surface area contributed by atoms with Crippen LogP contribution in [-0.2, 0) is 35.2 Å². The Morgan fingerprint density at radius 1 is 0.964 bits per heavy atom. The summed E-state index contributed by atoms with van der Waals surface area (Å²) >= 11 is 6.29. The SMILES string of the molecule is CC(=O)OC(CNCc1cccc(Cl)c1)C12CCC3(C)C(CCC4C5(C)CCC(OC(=O)CC(C)(C)C(=O)O)C(C)(C)C5CCC43C)C1=C(C(C)C)C(=O)C2. The van der Waals surface area contributed by atoms with Gasteiger partial charge in [-0.2, -0.15) is 0 Å². The lowest BCUT2D eigenvalue weighted by Crippen LogP contribution is -2.66. The van der Waals surface area contributed by atoms with E-state index in [1.807, 2.05) is 24.3 Å². The highest BCUT2D eigenvalue weighted by Crippen LogP contribution is 2.77. The number of benzene rings is 1. The number of carboxylic acid groups (broad SMARTS) is 1. The minimum Gasteiger partial charge on any atom is -0.481 e. The number of hydrogen-bond acceptors (Lipinski definition) is 7. The molecule has 0 saturated heterocycles. The zero-order valence-corrected chi connectivity index (χ0v) is 35.8. The summed E-state index contributed by atoms with van der Waals surface area (Å²) in [5.74, 6) is -0.454. The fourth-order valence-corrected chi connectivity index (χ4v) is 13.7. The van der Waals surface area contributed by atoms with Crippen LogP contribution in [0, 0.1) is 56.2 Å². The zero-order valence-electron chi connectivity index (χ0n) is 35.0. The van der Waals surface area contributed by atoms with Gasteiger partial charge in [-0.1, -0.05) is 72.2 Å². The molecule has 0 spiro atoms. The number of ether oxygens (including phenoxy) is 2. The molecule has 6 rings (SSSR count). The highest BCUT2D eigenvalue weighted by molar-refractivity contribution is 6.30. The van der Waals surface area contributed by atoms with Gasteiger partial charge >= 0.3 is 17.9 Å². The predicted octanol–water partition coefficient (Wildman–Crippen LogP) is 9.75. The molecule has 9 unspecified atom stereocenters. The third kappa shape index (κ3) is 6.91. The maximum Gasteiger partial charge on any atom is 0.309 e. The number of carbonyl (C=O) groups is 4. The Kier molecular flexibility index (Phi) is 11.1. The van der Waals surface area contributed by atoms with Gasteiger partial charge in [-0.25, -0.2) is 0 Å². The van der Waals surface area contributed by atoms with Crippen molar-refractivity contribution in [2.45, 2.75) is 152 Å². The first-order valence-electron chi connectivity index (χ1n) is 20.9. The molecule has 55 heavy (non-hydrogen) atoms. The molecule has 4 fully saturated rings. The summed E-state index contributed by atoms with van der Waals surface area (Å²) in [4.78, 5) is 52.0. The number of rotatable bonds is 11. The maximum absolute atomic E-state index is 14.3. The van der Waals surface area contributed by atoms with Crippen molar-refractivity contribution in [2.75, 3.05) is 6.54 Å². The number of esters is 2. The van der Waals surface area contributed by atoms with Crippen LogP contribution in [0.1, 0.15) is 139 Å². The van der Waals surface area contributed by atoms with Crippen LogP contribution in [0.3, 0.4) is 0 Å². The molecule has 0 bridgehead atoms. The van der Waals surface area contributed by atoms with Gasteiger partial charge in [0.25, 0.3) is 0 Å². The van der Waals surface area contributed by atoms with Crippen molar-refractivity contribution < 1.29 is 33.8 Å². The second-order valence-corrected chi connectivity index (χ2v) is 20.9. The van der Waals surface area contributed by atoms with Crippen LogP contribution in [0.4, 0.5) is 0 Å². The Bertz CT molecular complexity index is 1750. The molecule has 4 saturated carbocycles. The number of Topliss-reactive ketones (excluding diaryl/α,β-unsaturated/α-hetero) is 1. The summed E-state index contributed by atoms with van der Waals surface area (Å²) in [5.41, 5.74) is 1.31. The van der Waals surface area contributed by atoms with E-state index in [9.17, 15) is 24.3 Å². The van der Waals surface area contributed by atoms with Gasteiger partial charge in [-0.15, -0.1) is 0 Å². The van der Waals surface area contributed by atoms with E-state index < -0.39 is 28.9 Å². The fourth-order valence-electron chi connectivity index (χ4n) is 13.4. The third-order valence-electron chi connectivity index (χ3n) is 16.3. The van der Waals surface area contributed by atoms with Crippen LogP contribution in [0.2, 0.25) is 5.02 Å². The number of carboxylic acids is 1. The van der Waals surface area contributed by atoms with Crippen molar-refractivity contribution in [3.8, 4) is 0 Å². The molecule has 2 N–H and O–H groups in total. The van der Waals surface area contributed by atoms with Crippen LogP contribution in [0.15, 0.2) is 35.4 Å². The molecule has 0 heterocycles. The van der Waals surface area contributed by atoms with Crippen LogP contribution in [0.25, 0.3) is 0 Å². The van der Waals surface area contributed by atoms with Crippen molar-refractivity contribution in [3.63, 3.8) is 0 Å². The first-order chi connectivity index (χ1) is 25.5. The monoisotopic (exact) mass is 779 g/mol. The van der Waals surface area contributed by atoms with Gasteiger partial charge < -0.3 is 19.9 Å². The molecule has 0 aliphatic heterocycles. The average Bonchev–Trinajstić information content (AvgIpc) is 3.38. The lowest BCUT2D eigenvalue weighted by molar-refractivity contribution is -0.235. The van der Waals surface area contributed by atoms with Crippen LogP contribution in [0.5, 0.6) is 0 Å². The topological polar surface area (TPSA) is 119 Å². The van der Waals surface area contributed by atoms with Crippen LogP contribution >= 0.6 is 11.6 Å². The Morgan fingerprint density at radius 3 is 2.31 bits per heavy atom. The number of nitrogens with one attached hydrogen (secondary N) is 1. The maximum atomic E-state index is 14.3. The van der Waals surface area contributed by atoms with Crippen molar-refractivity contribution >= 4 is 35.3 Å². The van der Waals surface area contributed by atoms with E-state index >= 15 is 0 Å². The normalized spacial score (nSPS) is 36.0. The number of aliphatic carboxylic acids is 1. The van der Waals surface area contributed by atoms with Crippen LogP contribution in [-0.4, -0.2) is 47.6 Å². The Balaban J connectivity index is 1.30. The zero-order chi connectivity index (χ0) is 40.5. The third-order valence-corrected chi connectivity index (χ3v) is 16.6. The average molecular weight is 780 g/mol. The van der Waals surface area contributed by atoms with Gasteiger partial charge in [-0.3, -0.25) is 19.2 Å². The molecular weight excluding hydrogens is 714 g/mol. The lowest BCUT2D eigenvalue weighted by Gasteiger charge is -2.72. The first kappa shape index (κ1) is 41.9. The minimum absolute atomic E-state index is 0.0148. The Morgan fingerprint density at radius 2 is 1.67 bits per heavy atom. The number of ketones is 1. The smallest absolute Gasteiger partial charge is 0.309 e. The summed E-state index contributed by atoms with van der Waals surface area (Å²) in [5, 5.41) is 13.9. The van der Waals surface area contributed by atoms with E-state index in [0.717, 1.165) is 62.5 Å². The summed E-state index contributed by atoms with van der Waals surface area (Å²) in [7, 11) is 0. The van der Waals surface area contributed by atoms with Crippen molar-refractivity contribution in [1.29, 1.82) is 0 Å². The number of carbonyl (C=O) groups excluding carboxylic acids is 3. The molecule has 1 aromatic carbocycles. The number of fused-ring (bicyclic) bond motifs is 7. The van der Waals surface area contributed by atoms with Gasteiger partial charge in [0.05, 0.1) is 11.8 Å². The van der Waals surface area contributed by atoms with Gasteiger partial charge in [0.2, 0.25) is 0 Å². The van der Waals surface area contributed by atoms with E-state index in [1.54, 1.807) is 13.8 Å². The standard InChI is InChI=1S/C46H66ClNO7/c1-27(2)38-32(50)23-46(36(54-28(3)49)26-48-25-29-12-11-13-30(47)22-29)21-20-44(9)31(39(38)46)14-15-34-43(8)18-17-35(55-37(51)24-41(4,5)40(52)53)42(6,7)33(43)16-19-45(34,44)10/h11-13,22,27,31,33-36,48H,14-21,23-26H2,1-10H3,(H,52,53). The van der Waals surface area contributed by atoms with E-state index in [0.29, 0.717) is 36.4 Å². The first-order valence-corrected chi connectivity index (χ1v) is 21.2. The molecule has 1 aromatic rings. The van der Waals surface area contributed by atoms with Gasteiger partial charge in [-0.05, 0) is 134 Å². The highest BCUT2D eigenvalue weighted by atomic mass is 35.5. The van der Waals surface area contributed by atoms with Crippen molar-refractivity contribution in [3.05, 3.63) is 46.0 Å². The van der Waals surface area contributed by atoms with E-state index in [2.05, 4.69) is 53.8 Å². The van der Waals surface area contributed by atoms with E-state index in [4.69, 9.17) is 21.1 Å². The predicted molar refractivity (Wildman–Crippen MR) is 214 cm³/mol. The summed E-state index contributed by atoms with van der Waals surface area (Å²) in [6.45, 7) is 22.1. The number of hydrogen-bond donors (Lipinski definition) is 2. The highest BCUT2D eigenvalue weighted by Gasteiger charge is 2.71. The molecule has 9 atom stereocenters. The molecule has 0 aromatic heterocycles. The Labute approximate surface area is 334 Å². The number of halogens is 1. The second kappa shape index (κ2) is 14.6. The van der Waals surface area contributed by atoms with E-state index in [-0.39, 0.29) is 57.8 Å². The molecule has 0 amide bonds. The van der Waals surface area contributed by atoms with Crippen molar-refractivity contribution in [2.24, 2.45) is 56.2 Å². The van der Waals surface area contributed by atoms with Crippen LogP contribution < -0.4 is 5.32 Å².